The van der Waals surface area contributed by atoms with Crippen LogP contribution in [-0.4, -0.2) is 17.4 Å². The third-order valence-corrected chi connectivity index (χ3v) is 4.16. The highest BCUT2D eigenvalue weighted by atomic mass is 16.6. The molecule has 0 unspecified atom stereocenters. The van der Waals surface area contributed by atoms with Crippen molar-refractivity contribution in [3.63, 3.8) is 0 Å². The second kappa shape index (κ2) is 6.67. The van der Waals surface area contributed by atoms with Gasteiger partial charge in [0.05, 0.1) is 4.92 Å². The highest BCUT2D eigenvalue weighted by molar-refractivity contribution is 5.94. The molecule has 6 nitrogen and oxygen atoms in total. The molecule has 1 aromatic carbocycles. The molecule has 0 aliphatic heterocycles. The Labute approximate surface area is 123 Å². The number of hydrogen-bond donors (Lipinski definition) is 2. The summed E-state index contributed by atoms with van der Waals surface area (Å²) < 4.78 is 0. The zero-order valence-electron chi connectivity index (χ0n) is 12.2. The molecule has 1 amide bonds. The van der Waals surface area contributed by atoms with E-state index < -0.39 is 4.92 Å². The molecule has 1 saturated carbocycles. The third-order valence-electron chi connectivity index (χ3n) is 4.16. The minimum Gasteiger partial charge on any atom is -0.330 e. The predicted molar refractivity (Wildman–Crippen MR) is 81.0 cm³/mol. The van der Waals surface area contributed by atoms with Gasteiger partial charge in [0, 0.05) is 12.0 Å². The second-order valence-electron chi connectivity index (χ2n) is 5.72. The van der Waals surface area contributed by atoms with E-state index in [9.17, 15) is 14.9 Å². The monoisotopic (exact) mass is 291 g/mol. The minimum atomic E-state index is -0.472. The molecule has 0 atom stereocenters. The number of benzene rings is 1. The number of nitrogens with zero attached hydrogens (tertiary/aromatic N) is 1. The SMILES string of the molecule is Cc1ccc([N+](=O)[O-])c(NC(=O)C2CCC(CN)CC2)c1. The lowest BCUT2D eigenvalue weighted by Crippen LogP contribution is -2.29. The maximum absolute atomic E-state index is 12.3. The first-order chi connectivity index (χ1) is 10.0. The summed E-state index contributed by atoms with van der Waals surface area (Å²) >= 11 is 0. The van der Waals surface area contributed by atoms with Crippen molar-refractivity contribution in [2.75, 3.05) is 11.9 Å². The van der Waals surface area contributed by atoms with Crippen molar-refractivity contribution in [1.82, 2.24) is 0 Å². The van der Waals surface area contributed by atoms with Crippen LogP contribution in [0.25, 0.3) is 0 Å². The molecular weight excluding hydrogens is 270 g/mol. The highest BCUT2D eigenvalue weighted by Gasteiger charge is 2.27. The Hall–Kier alpha value is -1.95. The number of anilines is 1. The van der Waals surface area contributed by atoms with Crippen molar-refractivity contribution >= 4 is 17.3 Å². The fraction of sp³-hybridized carbons (Fsp3) is 0.533. The van der Waals surface area contributed by atoms with Crippen molar-refractivity contribution in [2.45, 2.75) is 32.6 Å². The Morgan fingerprint density at radius 3 is 2.62 bits per heavy atom. The molecule has 0 saturated heterocycles. The van der Waals surface area contributed by atoms with Crippen molar-refractivity contribution in [3.8, 4) is 0 Å². The number of nitrogens with two attached hydrogens (primary N) is 1. The number of nitro benzene ring substituents is 1. The van der Waals surface area contributed by atoms with Crippen LogP contribution in [0.1, 0.15) is 31.2 Å². The van der Waals surface area contributed by atoms with Gasteiger partial charge in [-0.15, -0.1) is 0 Å². The van der Waals surface area contributed by atoms with Crippen LogP contribution in [0.5, 0.6) is 0 Å². The largest absolute Gasteiger partial charge is 0.330 e. The summed E-state index contributed by atoms with van der Waals surface area (Å²) in [6, 6.07) is 4.73. The standard InChI is InChI=1S/C15H21N3O3/c1-10-2-7-14(18(20)21)13(8-10)17-15(19)12-5-3-11(9-16)4-6-12/h2,7-8,11-12H,3-6,9,16H2,1H3,(H,17,19). The Morgan fingerprint density at radius 1 is 1.38 bits per heavy atom. The fourth-order valence-electron chi connectivity index (χ4n) is 2.80. The molecule has 3 N–H and O–H groups in total. The van der Waals surface area contributed by atoms with Crippen molar-refractivity contribution < 1.29 is 9.72 Å². The van der Waals surface area contributed by atoms with Gasteiger partial charge in [-0.2, -0.15) is 0 Å². The Bertz CT molecular complexity index is 537. The van der Waals surface area contributed by atoms with Crippen LogP contribution in [-0.2, 0) is 4.79 Å². The average molecular weight is 291 g/mol. The van der Waals surface area contributed by atoms with Gasteiger partial charge in [-0.05, 0) is 56.7 Å². The molecule has 0 heterocycles. The zero-order valence-corrected chi connectivity index (χ0v) is 12.2. The van der Waals surface area contributed by atoms with E-state index in [4.69, 9.17) is 5.73 Å². The van der Waals surface area contributed by atoms with E-state index in [1.807, 2.05) is 6.92 Å². The number of aryl methyl sites for hydroxylation is 1. The summed E-state index contributed by atoms with van der Waals surface area (Å²) in [6.45, 7) is 2.50. The number of hydrogen-bond acceptors (Lipinski definition) is 4. The lowest BCUT2D eigenvalue weighted by Gasteiger charge is -2.26. The second-order valence-corrected chi connectivity index (χ2v) is 5.72. The van der Waals surface area contributed by atoms with Crippen LogP contribution in [0.2, 0.25) is 0 Å². The van der Waals surface area contributed by atoms with Crippen LogP contribution in [0.3, 0.4) is 0 Å². The van der Waals surface area contributed by atoms with Crippen molar-refractivity contribution in [2.24, 2.45) is 17.6 Å². The van der Waals surface area contributed by atoms with Gasteiger partial charge in [-0.3, -0.25) is 14.9 Å². The number of amides is 1. The van der Waals surface area contributed by atoms with Crippen LogP contribution >= 0.6 is 0 Å². The third kappa shape index (κ3) is 3.78. The molecule has 2 rings (SSSR count). The van der Waals surface area contributed by atoms with Crippen molar-refractivity contribution in [1.29, 1.82) is 0 Å². The van der Waals surface area contributed by atoms with E-state index >= 15 is 0 Å². The predicted octanol–water partition coefficient (Wildman–Crippen LogP) is 2.61. The topological polar surface area (TPSA) is 98.3 Å². The maximum atomic E-state index is 12.3. The van der Waals surface area contributed by atoms with Crippen LogP contribution < -0.4 is 11.1 Å². The molecular formula is C15H21N3O3. The number of carbonyl (C=O) groups excluding carboxylic acids is 1. The average Bonchev–Trinajstić information content (AvgIpc) is 2.47. The summed E-state index contributed by atoms with van der Waals surface area (Å²) in [6.07, 6.45) is 3.50. The summed E-state index contributed by atoms with van der Waals surface area (Å²) in [5.74, 6) is 0.300. The molecule has 114 valence electrons. The first kappa shape index (κ1) is 15.4. The highest BCUT2D eigenvalue weighted by Crippen LogP contribution is 2.31. The summed E-state index contributed by atoms with van der Waals surface area (Å²) in [4.78, 5) is 22.8. The maximum Gasteiger partial charge on any atom is 0.292 e. The van der Waals surface area contributed by atoms with Gasteiger partial charge in [-0.25, -0.2) is 0 Å². The molecule has 0 bridgehead atoms. The van der Waals surface area contributed by atoms with Crippen LogP contribution in [0, 0.1) is 28.9 Å². The minimum absolute atomic E-state index is 0.0652. The van der Waals surface area contributed by atoms with E-state index in [1.165, 1.54) is 6.07 Å². The van der Waals surface area contributed by atoms with E-state index in [2.05, 4.69) is 5.32 Å². The fourth-order valence-corrected chi connectivity index (χ4v) is 2.80. The van der Waals surface area contributed by atoms with Gasteiger partial charge in [0.1, 0.15) is 5.69 Å². The Balaban J connectivity index is 2.06. The number of carbonyl (C=O) groups is 1. The molecule has 21 heavy (non-hydrogen) atoms. The lowest BCUT2D eigenvalue weighted by molar-refractivity contribution is -0.383. The molecule has 1 aliphatic carbocycles. The summed E-state index contributed by atoms with van der Waals surface area (Å²) in [5.41, 5.74) is 6.74. The van der Waals surface area contributed by atoms with Gasteiger partial charge in [0.25, 0.3) is 5.69 Å². The Kier molecular flexibility index (Phi) is 4.90. The van der Waals surface area contributed by atoms with Gasteiger partial charge >= 0.3 is 0 Å². The van der Waals surface area contributed by atoms with Crippen LogP contribution in [0.4, 0.5) is 11.4 Å². The molecule has 6 heteroatoms. The number of nitro groups is 1. The molecule has 1 aromatic rings. The van der Waals surface area contributed by atoms with E-state index in [0.29, 0.717) is 12.5 Å². The normalized spacial score (nSPS) is 21.8. The van der Waals surface area contributed by atoms with Gasteiger partial charge < -0.3 is 11.1 Å². The van der Waals surface area contributed by atoms with Gasteiger partial charge in [0.15, 0.2) is 0 Å². The van der Waals surface area contributed by atoms with E-state index in [1.54, 1.807) is 12.1 Å². The van der Waals surface area contributed by atoms with E-state index in [-0.39, 0.29) is 23.2 Å². The quantitative estimate of drug-likeness (QED) is 0.658. The summed E-state index contributed by atoms with van der Waals surface area (Å²) in [5, 5.41) is 13.7. The first-order valence-electron chi connectivity index (χ1n) is 7.27. The molecule has 0 aromatic heterocycles. The Morgan fingerprint density at radius 2 is 2.05 bits per heavy atom. The number of nitrogens with one attached hydrogen (secondary N) is 1. The molecule has 1 aliphatic rings. The molecule has 0 spiro atoms. The van der Waals surface area contributed by atoms with E-state index in [0.717, 1.165) is 31.2 Å². The molecule has 1 fully saturated rings. The first-order valence-corrected chi connectivity index (χ1v) is 7.27. The number of rotatable bonds is 4. The lowest BCUT2D eigenvalue weighted by atomic mass is 9.81. The van der Waals surface area contributed by atoms with Gasteiger partial charge in [0.2, 0.25) is 5.91 Å². The molecule has 0 radical (unpaired) electrons. The van der Waals surface area contributed by atoms with Gasteiger partial charge in [-0.1, -0.05) is 6.07 Å². The zero-order chi connectivity index (χ0) is 15.4. The van der Waals surface area contributed by atoms with Crippen LogP contribution in [0.15, 0.2) is 18.2 Å². The van der Waals surface area contributed by atoms with Crippen molar-refractivity contribution in [3.05, 3.63) is 33.9 Å². The smallest absolute Gasteiger partial charge is 0.292 e. The summed E-state index contributed by atoms with van der Waals surface area (Å²) in [7, 11) is 0.